The van der Waals surface area contributed by atoms with E-state index in [0.29, 0.717) is 5.41 Å². The van der Waals surface area contributed by atoms with E-state index in [2.05, 4.69) is 44.2 Å². The zero-order chi connectivity index (χ0) is 19.7. The van der Waals surface area contributed by atoms with Gasteiger partial charge in [-0.15, -0.1) is 0 Å². The molecule has 156 valence electrons. The summed E-state index contributed by atoms with van der Waals surface area (Å²) < 4.78 is 0. The Kier molecular flexibility index (Phi) is 8.68. The fourth-order valence-electron chi connectivity index (χ4n) is 5.98. The van der Waals surface area contributed by atoms with Crippen LogP contribution in [0.15, 0.2) is 35.9 Å². The van der Waals surface area contributed by atoms with Gasteiger partial charge in [-0.25, -0.2) is 0 Å². The van der Waals surface area contributed by atoms with Crippen molar-refractivity contribution >= 4 is 0 Å². The molecule has 0 saturated heterocycles. The van der Waals surface area contributed by atoms with Gasteiger partial charge in [0.15, 0.2) is 0 Å². The van der Waals surface area contributed by atoms with Crippen LogP contribution in [0.5, 0.6) is 0 Å². The highest BCUT2D eigenvalue weighted by Crippen LogP contribution is 2.46. The Bertz CT molecular complexity index is 579. The van der Waals surface area contributed by atoms with E-state index in [1.165, 1.54) is 108 Å². The number of hydrogen-bond donors (Lipinski definition) is 0. The van der Waals surface area contributed by atoms with Gasteiger partial charge in [0.2, 0.25) is 0 Å². The first-order chi connectivity index (χ1) is 13.7. The minimum atomic E-state index is 0.661. The lowest BCUT2D eigenvalue weighted by molar-refractivity contribution is 0.148. The van der Waals surface area contributed by atoms with E-state index in [1.807, 2.05) is 0 Å². The van der Waals surface area contributed by atoms with Crippen molar-refractivity contribution in [2.75, 3.05) is 0 Å². The number of aryl methyl sites for hydroxylation is 1. The summed E-state index contributed by atoms with van der Waals surface area (Å²) in [7, 11) is 0. The van der Waals surface area contributed by atoms with Gasteiger partial charge < -0.3 is 0 Å². The lowest BCUT2D eigenvalue weighted by Gasteiger charge is -2.39. The third-order valence-electron chi connectivity index (χ3n) is 7.60. The minimum Gasteiger partial charge on any atom is -0.0853 e. The van der Waals surface area contributed by atoms with Crippen LogP contribution < -0.4 is 0 Å². The Labute approximate surface area is 175 Å². The monoisotopic (exact) mass is 380 g/mol. The Morgan fingerprint density at radius 2 is 1.64 bits per heavy atom. The number of allylic oxidation sites excluding steroid dienone is 2. The maximum atomic E-state index is 2.57. The molecule has 1 saturated carbocycles. The highest BCUT2D eigenvalue weighted by molar-refractivity contribution is 5.27. The second-order valence-electron chi connectivity index (χ2n) is 9.85. The van der Waals surface area contributed by atoms with E-state index in [4.69, 9.17) is 0 Å². The lowest BCUT2D eigenvalue weighted by atomic mass is 9.67. The molecule has 2 aliphatic carbocycles. The van der Waals surface area contributed by atoms with Gasteiger partial charge in [0.1, 0.15) is 0 Å². The van der Waals surface area contributed by atoms with Crippen LogP contribution in [-0.2, 0) is 6.42 Å². The van der Waals surface area contributed by atoms with Crippen LogP contribution in [0.2, 0.25) is 0 Å². The van der Waals surface area contributed by atoms with Crippen LogP contribution in [0, 0.1) is 5.41 Å². The number of rotatable bonds is 10. The Hall–Kier alpha value is -1.04. The molecule has 0 spiro atoms. The summed E-state index contributed by atoms with van der Waals surface area (Å²) in [4.78, 5) is 0. The summed E-state index contributed by atoms with van der Waals surface area (Å²) in [5.74, 6) is 0.732. The normalized spacial score (nSPS) is 20.6. The van der Waals surface area contributed by atoms with E-state index in [-0.39, 0.29) is 0 Å². The van der Waals surface area contributed by atoms with Crippen LogP contribution in [0.3, 0.4) is 0 Å². The first kappa shape index (κ1) is 21.7. The maximum absolute atomic E-state index is 2.57. The first-order valence-electron chi connectivity index (χ1n) is 12.5. The minimum absolute atomic E-state index is 0.661. The van der Waals surface area contributed by atoms with Gasteiger partial charge in [0, 0.05) is 0 Å². The fraction of sp³-hybridized carbons (Fsp3) is 0.714. The first-order valence-corrected chi connectivity index (χ1v) is 12.5. The van der Waals surface area contributed by atoms with Crippen molar-refractivity contribution in [1.29, 1.82) is 0 Å². The van der Waals surface area contributed by atoms with E-state index in [0.717, 1.165) is 5.92 Å². The molecule has 0 radical (unpaired) electrons. The topological polar surface area (TPSA) is 0 Å². The molecular formula is C28H44. The van der Waals surface area contributed by atoms with Crippen LogP contribution in [0.25, 0.3) is 0 Å². The average molecular weight is 381 g/mol. The molecule has 1 aromatic rings. The molecule has 0 nitrogen and oxygen atoms in total. The van der Waals surface area contributed by atoms with E-state index in [9.17, 15) is 0 Å². The summed E-state index contributed by atoms with van der Waals surface area (Å²) in [5.41, 5.74) is 5.53. The van der Waals surface area contributed by atoms with Gasteiger partial charge >= 0.3 is 0 Å². The molecule has 3 rings (SSSR count). The van der Waals surface area contributed by atoms with Crippen molar-refractivity contribution in [2.24, 2.45) is 5.41 Å². The molecule has 1 atom stereocenters. The number of benzene rings is 1. The standard InChI is InChI=1S/C28H44/c1-3-11-24-14-16-26(17-15-24)27(23-25-12-7-5-8-13-25)18-22-28(19-4-2)20-9-6-10-21-28/h12,14-17,27H,3-11,13,18-23H2,1-2H3. The molecule has 0 bridgehead atoms. The SMILES string of the molecule is CCCc1ccc(C(CCC2(CCC)CCCCC2)CC2=CCCCC2)cc1. The molecule has 0 amide bonds. The molecule has 0 heterocycles. The molecular weight excluding hydrogens is 336 g/mol. The summed E-state index contributed by atoms with van der Waals surface area (Å²) >= 11 is 0. The molecule has 0 aromatic heterocycles. The third kappa shape index (κ3) is 6.23. The molecule has 1 fully saturated rings. The predicted molar refractivity (Wildman–Crippen MR) is 124 cm³/mol. The quantitative estimate of drug-likeness (QED) is 0.355. The molecule has 1 unspecified atom stereocenters. The average Bonchev–Trinajstić information content (AvgIpc) is 2.74. The van der Waals surface area contributed by atoms with Crippen molar-refractivity contribution in [2.45, 2.75) is 122 Å². The van der Waals surface area contributed by atoms with Crippen LogP contribution >= 0.6 is 0 Å². The third-order valence-corrected chi connectivity index (χ3v) is 7.60. The molecule has 0 aliphatic heterocycles. The Morgan fingerprint density at radius 1 is 0.857 bits per heavy atom. The molecule has 1 aromatic carbocycles. The summed E-state index contributed by atoms with van der Waals surface area (Å²) in [6.45, 7) is 4.68. The summed E-state index contributed by atoms with van der Waals surface area (Å²) in [5, 5.41) is 0. The smallest absolute Gasteiger partial charge is 0.0125 e. The van der Waals surface area contributed by atoms with Gasteiger partial charge in [0.25, 0.3) is 0 Å². The van der Waals surface area contributed by atoms with Crippen LogP contribution in [0.4, 0.5) is 0 Å². The predicted octanol–water partition coefficient (Wildman–Crippen LogP) is 9.14. The Morgan fingerprint density at radius 3 is 2.29 bits per heavy atom. The van der Waals surface area contributed by atoms with Gasteiger partial charge in [-0.3, -0.25) is 0 Å². The maximum Gasteiger partial charge on any atom is -0.0125 e. The Balaban J connectivity index is 1.72. The van der Waals surface area contributed by atoms with E-state index in [1.54, 1.807) is 11.1 Å². The van der Waals surface area contributed by atoms with Gasteiger partial charge in [0.05, 0.1) is 0 Å². The zero-order valence-corrected chi connectivity index (χ0v) is 18.8. The summed E-state index contributed by atoms with van der Waals surface area (Å²) in [6, 6.07) is 9.74. The van der Waals surface area contributed by atoms with Crippen molar-refractivity contribution < 1.29 is 0 Å². The number of hydrogen-bond acceptors (Lipinski definition) is 0. The van der Waals surface area contributed by atoms with Crippen molar-refractivity contribution in [3.63, 3.8) is 0 Å². The second kappa shape index (κ2) is 11.2. The van der Waals surface area contributed by atoms with E-state index >= 15 is 0 Å². The lowest BCUT2D eigenvalue weighted by Crippen LogP contribution is -2.25. The van der Waals surface area contributed by atoms with Crippen LogP contribution in [0.1, 0.15) is 127 Å². The van der Waals surface area contributed by atoms with Gasteiger partial charge in [-0.2, -0.15) is 0 Å². The highest BCUT2D eigenvalue weighted by Gasteiger charge is 2.31. The van der Waals surface area contributed by atoms with Gasteiger partial charge in [-0.05, 0) is 93.1 Å². The van der Waals surface area contributed by atoms with Gasteiger partial charge in [-0.1, -0.05) is 81.9 Å². The van der Waals surface area contributed by atoms with E-state index < -0.39 is 0 Å². The van der Waals surface area contributed by atoms with Crippen molar-refractivity contribution in [3.8, 4) is 0 Å². The van der Waals surface area contributed by atoms with Crippen molar-refractivity contribution in [1.82, 2.24) is 0 Å². The largest absolute Gasteiger partial charge is 0.0853 e. The van der Waals surface area contributed by atoms with Crippen LogP contribution in [-0.4, -0.2) is 0 Å². The molecule has 2 aliphatic rings. The highest BCUT2D eigenvalue weighted by atomic mass is 14.4. The zero-order valence-electron chi connectivity index (χ0n) is 18.8. The molecule has 0 heteroatoms. The second-order valence-corrected chi connectivity index (χ2v) is 9.85. The summed E-state index contributed by atoms with van der Waals surface area (Å²) in [6.07, 6.45) is 24.9. The van der Waals surface area contributed by atoms with Crippen molar-refractivity contribution in [3.05, 3.63) is 47.0 Å². The molecule has 28 heavy (non-hydrogen) atoms. The molecule has 0 N–H and O–H groups in total. The fourth-order valence-corrected chi connectivity index (χ4v) is 5.98.